The Morgan fingerprint density at radius 3 is 2.21 bits per heavy atom. The van der Waals surface area contributed by atoms with Crippen molar-refractivity contribution >= 4 is 22.2 Å². The Labute approximate surface area is 179 Å². The molecule has 1 fully saturated rings. The highest BCUT2D eigenvalue weighted by molar-refractivity contribution is 7.89. The van der Waals surface area contributed by atoms with Gasteiger partial charge in [-0.1, -0.05) is 26.0 Å². The van der Waals surface area contributed by atoms with E-state index in [2.05, 4.69) is 37.7 Å². The van der Waals surface area contributed by atoms with Crippen molar-refractivity contribution in [1.82, 2.24) is 23.6 Å². The van der Waals surface area contributed by atoms with Crippen molar-refractivity contribution in [2.45, 2.75) is 57.6 Å². The van der Waals surface area contributed by atoms with Gasteiger partial charge in [-0.15, -0.1) is 0 Å². The molecule has 0 aliphatic carbocycles. The topological polar surface area (TPSA) is 63.4 Å². The highest BCUT2D eigenvalue weighted by Crippen LogP contribution is 2.23. The number of benzene rings is 1. The summed E-state index contributed by atoms with van der Waals surface area (Å²) in [5.74, 6) is 0.432. The van der Waals surface area contributed by atoms with Crippen LogP contribution in [0.2, 0.25) is 0 Å². The highest BCUT2D eigenvalue weighted by Gasteiger charge is 2.28. The number of nitrogens with zero attached hydrogens (tertiary/aromatic N) is 5. The zero-order valence-corrected chi connectivity index (χ0v) is 19.3. The lowest BCUT2D eigenvalue weighted by molar-refractivity contribution is 0.144. The maximum absolute atomic E-state index is 13.0. The fourth-order valence-electron chi connectivity index (χ4n) is 3.46. The smallest absolute Gasteiger partial charge is 0.243 e. The van der Waals surface area contributed by atoms with Gasteiger partial charge < -0.3 is 4.57 Å². The van der Waals surface area contributed by atoms with E-state index in [0.29, 0.717) is 48.4 Å². The Morgan fingerprint density at radius 2 is 1.69 bits per heavy atom. The van der Waals surface area contributed by atoms with E-state index in [9.17, 15) is 8.42 Å². The first-order chi connectivity index (χ1) is 13.7. The maximum Gasteiger partial charge on any atom is 0.243 e. The number of piperazine rings is 1. The zero-order chi connectivity index (χ0) is 21.2. The van der Waals surface area contributed by atoms with Gasteiger partial charge in [0, 0.05) is 32.2 Å². The van der Waals surface area contributed by atoms with Gasteiger partial charge in [-0.3, -0.25) is 4.90 Å². The van der Waals surface area contributed by atoms with E-state index in [1.165, 1.54) is 5.56 Å². The van der Waals surface area contributed by atoms with Crippen LogP contribution in [-0.2, 0) is 16.7 Å². The lowest BCUT2D eigenvalue weighted by Gasteiger charge is -2.33. The van der Waals surface area contributed by atoms with E-state index < -0.39 is 10.0 Å². The number of hydrogen-bond donors (Lipinski definition) is 0. The second kappa shape index (κ2) is 9.07. The predicted molar refractivity (Wildman–Crippen MR) is 117 cm³/mol. The van der Waals surface area contributed by atoms with Crippen molar-refractivity contribution in [2.24, 2.45) is 0 Å². The van der Waals surface area contributed by atoms with Gasteiger partial charge in [-0.25, -0.2) is 13.1 Å². The SMILES string of the molecule is CCC(C)c1ccc(S(=O)(=O)N2CCN(Cn3ncn(C(C)C)c3=S)CC2)cc1. The van der Waals surface area contributed by atoms with Crippen LogP contribution >= 0.6 is 12.2 Å². The molecule has 160 valence electrons. The lowest BCUT2D eigenvalue weighted by Crippen LogP contribution is -2.48. The molecule has 7 nitrogen and oxygen atoms in total. The van der Waals surface area contributed by atoms with Gasteiger partial charge in [0.15, 0.2) is 4.77 Å². The molecule has 1 aliphatic rings. The van der Waals surface area contributed by atoms with Crippen molar-refractivity contribution < 1.29 is 8.42 Å². The summed E-state index contributed by atoms with van der Waals surface area (Å²) in [5.41, 5.74) is 1.17. The average Bonchev–Trinajstić information content (AvgIpc) is 3.08. The second-order valence-electron chi connectivity index (χ2n) is 7.96. The summed E-state index contributed by atoms with van der Waals surface area (Å²) in [5, 5.41) is 4.38. The van der Waals surface area contributed by atoms with E-state index in [1.54, 1.807) is 27.4 Å². The van der Waals surface area contributed by atoms with Gasteiger partial charge in [0.1, 0.15) is 6.33 Å². The summed E-state index contributed by atoms with van der Waals surface area (Å²) in [4.78, 5) is 2.56. The van der Waals surface area contributed by atoms with E-state index >= 15 is 0 Å². The van der Waals surface area contributed by atoms with Crippen LogP contribution in [0.5, 0.6) is 0 Å². The molecule has 1 atom stereocenters. The summed E-state index contributed by atoms with van der Waals surface area (Å²) in [7, 11) is -3.46. The first-order valence-electron chi connectivity index (χ1n) is 10.2. The molecule has 0 spiro atoms. The fourth-order valence-corrected chi connectivity index (χ4v) is 5.24. The van der Waals surface area contributed by atoms with Gasteiger partial charge in [0.25, 0.3) is 0 Å². The van der Waals surface area contributed by atoms with Gasteiger partial charge in [-0.05, 0) is 56.1 Å². The monoisotopic (exact) mass is 437 g/mol. The van der Waals surface area contributed by atoms with Crippen LogP contribution in [0.25, 0.3) is 0 Å². The van der Waals surface area contributed by atoms with E-state index in [1.807, 2.05) is 16.7 Å². The first kappa shape index (κ1) is 22.1. The third-order valence-corrected chi connectivity index (χ3v) is 8.01. The molecule has 1 aromatic heterocycles. The zero-order valence-electron chi connectivity index (χ0n) is 17.7. The lowest BCUT2D eigenvalue weighted by atomic mass is 9.99. The number of aromatic nitrogens is 3. The maximum atomic E-state index is 13.0. The number of rotatable bonds is 7. The molecule has 9 heteroatoms. The summed E-state index contributed by atoms with van der Waals surface area (Å²) >= 11 is 5.48. The average molecular weight is 438 g/mol. The molecule has 0 bridgehead atoms. The molecule has 2 heterocycles. The minimum absolute atomic E-state index is 0.268. The molecule has 3 rings (SSSR count). The van der Waals surface area contributed by atoms with E-state index in [0.717, 1.165) is 6.42 Å². The molecule has 0 N–H and O–H groups in total. The van der Waals surface area contributed by atoms with E-state index in [4.69, 9.17) is 12.2 Å². The third-order valence-electron chi connectivity index (χ3n) is 5.68. The van der Waals surface area contributed by atoms with Crippen LogP contribution < -0.4 is 0 Å². The predicted octanol–water partition coefficient (Wildman–Crippen LogP) is 3.47. The first-order valence-corrected chi connectivity index (χ1v) is 12.0. The van der Waals surface area contributed by atoms with Crippen LogP contribution in [-0.4, -0.2) is 58.1 Å². The highest BCUT2D eigenvalue weighted by atomic mass is 32.2. The van der Waals surface area contributed by atoms with Crippen molar-refractivity contribution in [3.05, 3.63) is 40.9 Å². The van der Waals surface area contributed by atoms with Crippen LogP contribution in [0.4, 0.5) is 0 Å². The molecule has 1 aliphatic heterocycles. The van der Waals surface area contributed by atoms with Crippen LogP contribution in [0, 0.1) is 4.77 Å². The molecule has 29 heavy (non-hydrogen) atoms. The molecular formula is C20H31N5O2S2. The normalized spacial score (nSPS) is 17.7. The van der Waals surface area contributed by atoms with Gasteiger partial charge in [0.05, 0.1) is 11.6 Å². The van der Waals surface area contributed by atoms with Crippen molar-refractivity contribution in [3.8, 4) is 0 Å². The second-order valence-corrected chi connectivity index (χ2v) is 10.3. The number of sulfonamides is 1. The van der Waals surface area contributed by atoms with Crippen LogP contribution in [0.1, 0.15) is 51.6 Å². The van der Waals surface area contributed by atoms with Crippen LogP contribution in [0.15, 0.2) is 35.5 Å². The quantitative estimate of drug-likeness (QED) is 0.621. The summed E-state index contributed by atoms with van der Waals surface area (Å²) in [6.07, 6.45) is 2.80. The Hall–Kier alpha value is -1.55. The van der Waals surface area contributed by atoms with Crippen molar-refractivity contribution in [1.29, 1.82) is 0 Å². The molecule has 1 aromatic carbocycles. The van der Waals surface area contributed by atoms with Gasteiger partial charge in [-0.2, -0.15) is 9.40 Å². The minimum atomic E-state index is -3.46. The molecular weight excluding hydrogens is 406 g/mol. The molecule has 1 unspecified atom stereocenters. The van der Waals surface area contributed by atoms with Crippen LogP contribution in [0.3, 0.4) is 0 Å². The van der Waals surface area contributed by atoms with Gasteiger partial charge >= 0.3 is 0 Å². The van der Waals surface area contributed by atoms with Crippen molar-refractivity contribution in [3.63, 3.8) is 0 Å². The summed E-state index contributed by atoms with van der Waals surface area (Å²) in [6.45, 7) is 11.2. The fraction of sp³-hybridized carbons (Fsp3) is 0.600. The molecule has 0 amide bonds. The molecule has 0 radical (unpaired) electrons. The Bertz CT molecular complexity index is 971. The largest absolute Gasteiger partial charge is 0.304 e. The third kappa shape index (κ3) is 4.79. The molecule has 0 saturated carbocycles. The number of hydrogen-bond acceptors (Lipinski definition) is 5. The van der Waals surface area contributed by atoms with Gasteiger partial charge in [0.2, 0.25) is 10.0 Å². The van der Waals surface area contributed by atoms with E-state index in [-0.39, 0.29) is 6.04 Å². The molecule has 1 saturated heterocycles. The standard InChI is InChI=1S/C20H31N5O2S2/c1-5-17(4)18-6-8-19(9-7-18)29(26,27)23-12-10-22(11-13-23)15-25-20(28)24(14-21-25)16(2)3/h6-9,14,16-17H,5,10-13,15H2,1-4H3. The Balaban J connectivity index is 1.63. The summed E-state index contributed by atoms with van der Waals surface area (Å²) in [6, 6.07) is 7.61. The summed E-state index contributed by atoms with van der Waals surface area (Å²) < 4.78 is 32.0. The van der Waals surface area contributed by atoms with Crippen molar-refractivity contribution in [2.75, 3.05) is 26.2 Å². The Morgan fingerprint density at radius 1 is 1.07 bits per heavy atom. The Kier molecular flexibility index (Phi) is 6.93. The molecule has 2 aromatic rings. The minimum Gasteiger partial charge on any atom is -0.304 e.